The third-order valence-electron chi connectivity index (χ3n) is 7.30. The van der Waals surface area contributed by atoms with Crippen molar-refractivity contribution in [3.05, 3.63) is 137 Å². The van der Waals surface area contributed by atoms with Crippen molar-refractivity contribution >= 4 is 16.0 Å². The zero-order chi connectivity index (χ0) is 32.0. The minimum Gasteiger partial charge on any atom is -0.478 e. The predicted molar refractivity (Wildman–Crippen MR) is 161 cm³/mol. The Morgan fingerprint density at radius 3 is 2.29 bits per heavy atom. The van der Waals surface area contributed by atoms with E-state index in [9.17, 15) is 17.6 Å². The Kier molecular flexibility index (Phi) is 9.74. The van der Waals surface area contributed by atoms with E-state index >= 15 is 8.78 Å². The quantitative estimate of drug-likeness (QED) is 0.152. The monoisotopic (exact) mass is 634 g/mol. The first-order chi connectivity index (χ1) is 21.6. The fraction of sp³-hybridized carbons (Fsp3) is 0.182. The van der Waals surface area contributed by atoms with Crippen molar-refractivity contribution in [3.8, 4) is 11.1 Å². The van der Waals surface area contributed by atoms with Gasteiger partial charge in [-0.1, -0.05) is 54.6 Å². The molecule has 5 aromatic rings. The number of carbonyl (C=O) groups is 1. The summed E-state index contributed by atoms with van der Waals surface area (Å²) in [6.45, 7) is -0.135. The van der Waals surface area contributed by atoms with Crippen molar-refractivity contribution in [3.63, 3.8) is 0 Å². The van der Waals surface area contributed by atoms with E-state index in [1.165, 1.54) is 42.7 Å². The van der Waals surface area contributed by atoms with Crippen molar-refractivity contribution in [1.29, 1.82) is 0 Å². The van der Waals surface area contributed by atoms with Gasteiger partial charge in [-0.15, -0.1) is 10.2 Å². The molecule has 5 rings (SSSR count). The van der Waals surface area contributed by atoms with Gasteiger partial charge in [0.15, 0.2) is 0 Å². The van der Waals surface area contributed by atoms with Crippen molar-refractivity contribution in [1.82, 2.24) is 19.1 Å². The summed E-state index contributed by atoms with van der Waals surface area (Å²) < 4.78 is 75.1. The van der Waals surface area contributed by atoms with Gasteiger partial charge in [-0.25, -0.2) is 26.4 Å². The van der Waals surface area contributed by atoms with Crippen molar-refractivity contribution in [2.75, 3.05) is 6.54 Å². The highest BCUT2D eigenvalue weighted by Gasteiger charge is 2.30. The number of nitrogens with zero attached hydrogens (tertiary/aromatic N) is 4. The number of aromatic carboxylic acids is 1. The lowest BCUT2D eigenvalue weighted by Crippen LogP contribution is -2.33. The van der Waals surface area contributed by atoms with Gasteiger partial charge in [-0.05, 0) is 72.4 Å². The molecule has 8 nitrogen and oxygen atoms in total. The first-order valence-corrected chi connectivity index (χ1v) is 15.5. The minimum atomic E-state index is -4.59. The highest BCUT2D eigenvalue weighted by molar-refractivity contribution is 7.89. The number of unbranched alkanes of at least 4 members (excludes halogenated alkanes) is 1. The van der Waals surface area contributed by atoms with E-state index in [1.807, 2.05) is 30.3 Å². The van der Waals surface area contributed by atoms with Crippen LogP contribution in [-0.2, 0) is 29.5 Å². The normalized spacial score (nSPS) is 11.6. The van der Waals surface area contributed by atoms with E-state index in [-0.39, 0.29) is 42.1 Å². The minimum absolute atomic E-state index is 0.0124. The number of hydrogen-bond acceptors (Lipinski definition) is 5. The van der Waals surface area contributed by atoms with Gasteiger partial charge in [-0.2, -0.15) is 4.31 Å². The molecule has 0 atom stereocenters. The van der Waals surface area contributed by atoms with Gasteiger partial charge in [0, 0.05) is 12.1 Å². The molecule has 0 aliphatic rings. The number of halogens is 3. The third kappa shape index (κ3) is 7.65. The van der Waals surface area contributed by atoms with Crippen LogP contribution in [-0.4, -0.2) is 45.1 Å². The number of aryl methyl sites for hydroxylation is 1. The zero-order valence-corrected chi connectivity index (χ0v) is 24.8. The van der Waals surface area contributed by atoms with Crippen LogP contribution in [0.2, 0.25) is 0 Å². The fourth-order valence-corrected chi connectivity index (χ4v) is 6.44. The predicted octanol–water partition coefficient (Wildman–Crippen LogP) is 6.32. The summed E-state index contributed by atoms with van der Waals surface area (Å²) in [5, 5.41) is 17.1. The summed E-state index contributed by atoms with van der Waals surface area (Å²) in [6.07, 6.45) is 3.15. The molecule has 0 amide bonds. The molecule has 1 heterocycles. The number of hydrogen-bond donors (Lipinski definition) is 1. The molecule has 0 aliphatic carbocycles. The van der Waals surface area contributed by atoms with Gasteiger partial charge >= 0.3 is 5.97 Å². The van der Waals surface area contributed by atoms with Gasteiger partial charge in [-0.3, -0.25) is 0 Å². The second-order valence-electron chi connectivity index (χ2n) is 10.4. The van der Waals surface area contributed by atoms with Gasteiger partial charge < -0.3 is 9.67 Å². The van der Waals surface area contributed by atoms with E-state index in [2.05, 4.69) is 10.2 Å². The standard InChI is InChI=1S/C33H29F3N4O4S/c34-27-11-6-10-24(17-27)20-39-22-37-38-32(39)21-40(16-5-4-9-23-7-2-1-3-8-23)45(43,44)31-19-29(35)28(18-30(31)36)25-12-14-26(15-13-25)33(41)42/h1-3,6-8,10-15,17-19,22H,4-5,9,16,20-21H2,(H,41,42). The highest BCUT2D eigenvalue weighted by atomic mass is 32.2. The number of sulfonamides is 1. The van der Waals surface area contributed by atoms with Gasteiger partial charge in [0.2, 0.25) is 10.0 Å². The number of aromatic nitrogens is 3. The van der Waals surface area contributed by atoms with Gasteiger partial charge in [0.1, 0.15) is 34.5 Å². The molecule has 0 fully saturated rings. The van der Waals surface area contributed by atoms with E-state index < -0.39 is 38.3 Å². The molecule has 4 aromatic carbocycles. The third-order valence-corrected chi connectivity index (χ3v) is 9.16. The van der Waals surface area contributed by atoms with Crippen LogP contribution < -0.4 is 0 Å². The lowest BCUT2D eigenvalue weighted by Gasteiger charge is -2.23. The fourth-order valence-electron chi connectivity index (χ4n) is 4.95. The Bertz CT molecular complexity index is 1900. The number of rotatable bonds is 13. The smallest absolute Gasteiger partial charge is 0.335 e. The van der Waals surface area contributed by atoms with Gasteiger partial charge in [0.25, 0.3) is 0 Å². The maximum Gasteiger partial charge on any atom is 0.335 e. The molecule has 0 unspecified atom stereocenters. The number of carboxylic acid groups (broad SMARTS) is 1. The molecule has 45 heavy (non-hydrogen) atoms. The Morgan fingerprint density at radius 2 is 1.58 bits per heavy atom. The van der Waals surface area contributed by atoms with Crippen LogP contribution in [0, 0.1) is 17.5 Å². The van der Waals surface area contributed by atoms with Crippen LogP contribution >= 0.6 is 0 Å². The molecule has 0 aliphatic heterocycles. The molecule has 0 radical (unpaired) electrons. The Balaban J connectivity index is 1.43. The molecule has 0 spiro atoms. The maximum atomic E-state index is 15.5. The Hall–Kier alpha value is -4.81. The second-order valence-corrected chi connectivity index (χ2v) is 12.3. The summed E-state index contributed by atoms with van der Waals surface area (Å²) in [6, 6.07) is 22.2. The molecule has 12 heteroatoms. The van der Waals surface area contributed by atoms with Crippen molar-refractivity contribution in [2.24, 2.45) is 0 Å². The van der Waals surface area contributed by atoms with Crippen LogP contribution in [0.1, 0.15) is 40.2 Å². The van der Waals surface area contributed by atoms with Crippen LogP contribution in [0.15, 0.2) is 102 Å². The maximum absolute atomic E-state index is 15.5. The Labute approximate surface area is 258 Å². The summed E-state index contributed by atoms with van der Waals surface area (Å²) in [4.78, 5) is 10.3. The largest absolute Gasteiger partial charge is 0.478 e. The first-order valence-electron chi connectivity index (χ1n) is 14.1. The van der Waals surface area contributed by atoms with Crippen LogP contribution in [0.4, 0.5) is 13.2 Å². The zero-order valence-electron chi connectivity index (χ0n) is 24.0. The van der Waals surface area contributed by atoms with E-state index in [4.69, 9.17) is 5.11 Å². The molecule has 0 saturated heterocycles. The summed E-state index contributed by atoms with van der Waals surface area (Å²) >= 11 is 0. The van der Waals surface area contributed by atoms with Crippen LogP contribution in [0.3, 0.4) is 0 Å². The summed E-state index contributed by atoms with van der Waals surface area (Å²) in [5.41, 5.74) is 1.62. The summed E-state index contributed by atoms with van der Waals surface area (Å²) in [7, 11) is -4.59. The summed E-state index contributed by atoms with van der Waals surface area (Å²) in [5.74, 6) is -3.52. The lowest BCUT2D eigenvalue weighted by atomic mass is 10.0. The topological polar surface area (TPSA) is 105 Å². The van der Waals surface area contributed by atoms with Crippen molar-refractivity contribution < 1.29 is 31.5 Å². The molecular formula is C33H29F3N4O4S. The molecule has 1 aromatic heterocycles. The Morgan fingerprint density at radius 1 is 0.844 bits per heavy atom. The van der Waals surface area contributed by atoms with E-state index in [0.29, 0.717) is 30.9 Å². The van der Waals surface area contributed by atoms with E-state index in [1.54, 1.807) is 16.7 Å². The average Bonchev–Trinajstić information content (AvgIpc) is 3.46. The molecular weight excluding hydrogens is 605 g/mol. The number of carboxylic acids is 1. The average molecular weight is 635 g/mol. The molecule has 1 N–H and O–H groups in total. The van der Waals surface area contributed by atoms with Gasteiger partial charge in [0.05, 0.1) is 18.7 Å². The molecule has 0 saturated carbocycles. The molecule has 0 bridgehead atoms. The second kappa shape index (κ2) is 13.9. The van der Waals surface area contributed by atoms with E-state index in [0.717, 1.165) is 15.9 Å². The van der Waals surface area contributed by atoms with Crippen LogP contribution in [0.25, 0.3) is 11.1 Å². The SMILES string of the molecule is O=C(O)c1ccc(-c2cc(F)c(S(=O)(=O)N(CCCCc3ccccc3)Cc3nncn3Cc3cccc(F)c3)cc2F)cc1. The first kappa shape index (κ1) is 31.6. The molecule has 232 valence electrons. The van der Waals surface area contributed by atoms with Crippen LogP contribution in [0.5, 0.6) is 0 Å². The highest BCUT2D eigenvalue weighted by Crippen LogP contribution is 2.30. The lowest BCUT2D eigenvalue weighted by molar-refractivity contribution is 0.0697. The number of benzene rings is 4. The van der Waals surface area contributed by atoms with Crippen molar-refractivity contribution in [2.45, 2.75) is 37.2 Å².